The number of ether oxygens (including phenoxy) is 1. The Bertz CT molecular complexity index is 1830. The molecule has 3 aliphatic heterocycles. The van der Waals surface area contributed by atoms with E-state index in [0.29, 0.717) is 41.6 Å². The standard InChI is InChI=1S/C27H24F2N4O4.C8H14FN/c1-3-17-20(28)8-7-15-10-16(34)11-18(21(15)17)23-22(29)24-19(12-30-23)25(32-26(31-24)37-27(35)36)33-9-5-4-6-14(2)13-33;1-6-8(9)5-7-3-2-4-10(6)7/h1,7-8,10-12,14,27,34-36H,4-6,9,13H2,2H3;6-8H,2-5H2,1H3. The first-order valence-corrected chi connectivity index (χ1v) is 16.0. The summed E-state index contributed by atoms with van der Waals surface area (Å²) >= 11 is 0. The van der Waals surface area contributed by atoms with Crippen LogP contribution in [0.3, 0.4) is 0 Å². The van der Waals surface area contributed by atoms with Crippen LogP contribution >= 0.6 is 0 Å². The zero-order valence-electron chi connectivity index (χ0n) is 26.3. The van der Waals surface area contributed by atoms with Crippen LogP contribution in [0.25, 0.3) is 32.9 Å². The number of anilines is 1. The lowest BCUT2D eigenvalue weighted by molar-refractivity contribution is -0.183. The summed E-state index contributed by atoms with van der Waals surface area (Å²) in [4.78, 5) is 17.1. The van der Waals surface area contributed by atoms with Crippen molar-refractivity contribution in [1.82, 2.24) is 19.9 Å². The molecular formula is C35H38F3N5O4. The number of fused-ring (bicyclic) bond motifs is 3. The Morgan fingerprint density at radius 1 is 1.06 bits per heavy atom. The molecule has 0 aliphatic carbocycles. The molecule has 3 saturated heterocycles. The number of terminal acetylenes is 1. The maximum atomic E-state index is 16.2. The number of pyridine rings is 1. The number of aliphatic hydroxyl groups is 2. The summed E-state index contributed by atoms with van der Waals surface area (Å²) in [6.45, 7) is 4.35. The summed E-state index contributed by atoms with van der Waals surface area (Å²) in [5.41, 5.74) is -0.421. The quantitative estimate of drug-likeness (QED) is 0.190. The molecule has 7 rings (SSSR count). The number of rotatable bonds is 4. The highest BCUT2D eigenvalue weighted by Crippen LogP contribution is 2.39. The highest BCUT2D eigenvalue weighted by molar-refractivity contribution is 6.03. The highest BCUT2D eigenvalue weighted by Gasteiger charge is 2.40. The molecule has 0 spiro atoms. The molecule has 248 valence electrons. The largest absolute Gasteiger partial charge is 0.508 e. The first kappa shape index (κ1) is 32.7. The fraction of sp³-hybridized carbons (Fsp3) is 0.457. The molecule has 5 heterocycles. The number of benzene rings is 2. The van der Waals surface area contributed by atoms with Crippen LogP contribution in [0.15, 0.2) is 30.5 Å². The Balaban J connectivity index is 0.000000327. The third-order valence-corrected chi connectivity index (χ3v) is 9.48. The van der Waals surface area contributed by atoms with E-state index >= 15 is 4.39 Å². The minimum atomic E-state index is -2.21. The maximum absolute atomic E-state index is 16.2. The van der Waals surface area contributed by atoms with E-state index in [1.807, 2.05) is 11.8 Å². The molecular weight excluding hydrogens is 611 g/mol. The van der Waals surface area contributed by atoms with Crippen molar-refractivity contribution in [1.29, 1.82) is 0 Å². The van der Waals surface area contributed by atoms with E-state index in [-0.39, 0.29) is 39.5 Å². The minimum Gasteiger partial charge on any atom is -0.508 e. The molecule has 12 heteroatoms. The van der Waals surface area contributed by atoms with Gasteiger partial charge in [-0.15, -0.1) is 6.42 Å². The topological polar surface area (TPSA) is 115 Å². The second kappa shape index (κ2) is 13.5. The summed E-state index contributed by atoms with van der Waals surface area (Å²) in [6.07, 6.45) is 12.7. The van der Waals surface area contributed by atoms with E-state index in [2.05, 4.69) is 32.7 Å². The summed E-state index contributed by atoms with van der Waals surface area (Å²) in [5, 5.41) is 29.9. The van der Waals surface area contributed by atoms with Gasteiger partial charge in [0.25, 0.3) is 0 Å². The van der Waals surface area contributed by atoms with Gasteiger partial charge >= 0.3 is 12.5 Å². The van der Waals surface area contributed by atoms with Crippen LogP contribution in [-0.4, -0.2) is 79.5 Å². The molecule has 4 aromatic rings. The van der Waals surface area contributed by atoms with Gasteiger partial charge in [0, 0.05) is 42.3 Å². The average Bonchev–Trinajstić information content (AvgIpc) is 3.51. The summed E-state index contributed by atoms with van der Waals surface area (Å²) < 4.78 is 48.7. The van der Waals surface area contributed by atoms with Crippen molar-refractivity contribution in [3.8, 4) is 35.4 Å². The number of aliphatic hydroxyl groups excluding tert-OH is 1. The lowest BCUT2D eigenvalue weighted by Crippen LogP contribution is -2.31. The highest BCUT2D eigenvalue weighted by atomic mass is 19.1. The second-order valence-corrected chi connectivity index (χ2v) is 12.7. The third-order valence-electron chi connectivity index (χ3n) is 9.48. The van der Waals surface area contributed by atoms with Crippen molar-refractivity contribution >= 4 is 27.5 Å². The van der Waals surface area contributed by atoms with E-state index in [1.54, 1.807) is 0 Å². The van der Waals surface area contributed by atoms with E-state index in [4.69, 9.17) is 11.2 Å². The zero-order chi connectivity index (χ0) is 33.4. The van der Waals surface area contributed by atoms with Crippen LogP contribution in [0.1, 0.15) is 57.9 Å². The fourth-order valence-corrected chi connectivity index (χ4v) is 7.21. The van der Waals surface area contributed by atoms with Crippen LogP contribution < -0.4 is 9.64 Å². The molecule has 0 bridgehead atoms. The van der Waals surface area contributed by atoms with Crippen molar-refractivity contribution in [3.05, 3.63) is 47.7 Å². The number of phenols is 1. The lowest BCUT2D eigenvalue weighted by atomic mass is 9.96. The SMILES string of the molecule is C#Cc1c(F)ccc2cc(O)cc(-c3ncc4c(N5CCCCC(C)C5)nc(OC(O)O)nc4c3F)c12.CC1C(F)CC2CCCN21. The first-order chi connectivity index (χ1) is 22.5. The van der Waals surface area contributed by atoms with Gasteiger partial charge in [-0.05, 0) is 75.1 Å². The fourth-order valence-electron chi connectivity index (χ4n) is 7.21. The van der Waals surface area contributed by atoms with Crippen LogP contribution in [0.2, 0.25) is 0 Å². The van der Waals surface area contributed by atoms with Gasteiger partial charge in [-0.25, -0.2) is 13.2 Å². The average molecular weight is 650 g/mol. The van der Waals surface area contributed by atoms with E-state index < -0.39 is 30.3 Å². The van der Waals surface area contributed by atoms with E-state index in [0.717, 1.165) is 32.2 Å². The third kappa shape index (κ3) is 6.52. The van der Waals surface area contributed by atoms with Crippen molar-refractivity contribution in [2.75, 3.05) is 24.5 Å². The van der Waals surface area contributed by atoms with Gasteiger partial charge in [0.05, 0.1) is 10.9 Å². The molecule has 0 amide bonds. The van der Waals surface area contributed by atoms with Gasteiger partial charge in [0.15, 0.2) is 5.82 Å². The predicted octanol–water partition coefficient (Wildman–Crippen LogP) is 5.66. The molecule has 4 atom stereocenters. The van der Waals surface area contributed by atoms with Crippen LogP contribution in [0.4, 0.5) is 19.0 Å². The molecule has 3 N–H and O–H groups in total. The van der Waals surface area contributed by atoms with Gasteiger partial charge in [-0.2, -0.15) is 9.97 Å². The molecule has 9 nitrogen and oxygen atoms in total. The van der Waals surface area contributed by atoms with Crippen LogP contribution in [-0.2, 0) is 0 Å². The molecule has 3 aliphatic rings. The summed E-state index contributed by atoms with van der Waals surface area (Å²) in [7, 11) is 0. The number of phenolic OH excluding ortho intramolecular Hbond substituents is 1. The molecule has 0 radical (unpaired) electrons. The molecule has 4 unspecified atom stereocenters. The summed E-state index contributed by atoms with van der Waals surface area (Å²) in [5.74, 6) is 1.26. The van der Waals surface area contributed by atoms with E-state index in [1.165, 1.54) is 43.3 Å². The van der Waals surface area contributed by atoms with Gasteiger partial charge in [0.2, 0.25) is 0 Å². The Hall–Kier alpha value is -4.18. The minimum absolute atomic E-state index is 0.0788. The van der Waals surface area contributed by atoms with E-state index in [9.17, 15) is 24.1 Å². The number of hydrogen-bond acceptors (Lipinski definition) is 9. The normalized spacial score (nSPS) is 23.0. The molecule has 0 saturated carbocycles. The molecule has 2 aromatic carbocycles. The number of nitrogens with zero attached hydrogens (tertiary/aromatic N) is 5. The number of halogens is 3. The maximum Gasteiger partial charge on any atom is 0.323 e. The number of hydrogen-bond donors (Lipinski definition) is 3. The van der Waals surface area contributed by atoms with Crippen LogP contribution in [0.5, 0.6) is 11.8 Å². The lowest BCUT2D eigenvalue weighted by Gasteiger charge is -2.25. The predicted molar refractivity (Wildman–Crippen MR) is 173 cm³/mol. The van der Waals surface area contributed by atoms with Gasteiger partial charge in [0.1, 0.15) is 34.8 Å². The Labute approximate surface area is 271 Å². The Morgan fingerprint density at radius 2 is 1.87 bits per heavy atom. The Kier molecular flexibility index (Phi) is 9.41. The monoisotopic (exact) mass is 649 g/mol. The van der Waals surface area contributed by atoms with Crippen molar-refractivity contribution in [2.24, 2.45) is 5.92 Å². The van der Waals surface area contributed by atoms with Crippen LogP contribution in [0, 0.1) is 29.9 Å². The molecule has 47 heavy (non-hydrogen) atoms. The van der Waals surface area contributed by atoms with Crippen molar-refractivity contribution in [3.63, 3.8) is 0 Å². The number of aromatic hydroxyl groups is 1. The number of alkyl halides is 1. The zero-order valence-corrected chi connectivity index (χ0v) is 26.3. The van der Waals surface area contributed by atoms with Crippen molar-refractivity contribution < 1.29 is 33.2 Å². The van der Waals surface area contributed by atoms with Gasteiger partial charge in [-0.3, -0.25) is 9.88 Å². The second-order valence-electron chi connectivity index (χ2n) is 12.7. The first-order valence-electron chi connectivity index (χ1n) is 16.0. The van der Waals surface area contributed by atoms with Crippen molar-refractivity contribution in [2.45, 2.75) is 77.1 Å². The molecule has 2 aromatic heterocycles. The summed E-state index contributed by atoms with van der Waals surface area (Å²) in [6, 6.07) is 5.62. The Morgan fingerprint density at radius 3 is 2.62 bits per heavy atom. The van der Waals surface area contributed by atoms with Gasteiger partial charge < -0.3 is 25.0 Å². The smallest absolute Gasteiger partial charge is 0.323 e. The van der Waals surface area contributed by atoms with Gasteiger partial charge in [-0.1, -0.05) is 25.3 Å². The number of aromatic nitrogens is 3. The molecule has 3 fully saturated rings.